The van der Waals surface area contributed by atoms with E-state index in [4.69, 9.17) is 0 Å². The van der Waals surface area contributed by atoms with Crippen LogP contribution in [0.25, 0.3) is 0 Å². The highest BCUT2D eigenvalue weighted by Crippen LogP contribution is 2.24. The van der Waals surface area contributed by atoms with E-state index in [9.17, 15) is 13.2 Å². The van der Waals surface area contributed by atoms with Crippen molar-refractivity contribution in [3.8, 4) is 0 Å². The van der Waals surface area contributed by atoms with Crippen molar-refractivity contribution in [2.24, 2.45) is 0 Å². The molecular weight excluding hydrogens is 328 g/mol. The largest absolute Gasteiger partial charge is 0.346 e. The van der Waals surface area contributed by atoms with Gasteiger partial charge in [-0.1, -0.05) is 19.1 Å². The molecule has 7 nitrogen and oxygen atoms in total. The fourth-order valence-corrected chi connectivity index (χ4v) is 4.05. The second kappa shape index (κ2) is 7.12. The van der Waals surface area contributed by atoms with E-state index in [2.05, 4.69) is 10.1 Å². The van der Waals surface area contributed by atoms with E-state index < -0.39 is 15.9 Å². The Morgan fingerprint density at radius 3 is 2.46 bits per heavy atom. The minimum Gasteiger partial charge on any atom is -0.323 e. The van der Waals surface area contributed by atoms with Gasteiger partial charge in [-0.3, -0.25) is 0 Å². The Hall–Kier alpha value is -2.22. The number of sulfone groups is 1. The van der Waals surface area contributed by atoms with E-state index in [0.29, 0.717) is 19.5 Å². The van der Waals surface area contributed by atoms with Crippen molar-refractivity contribution in [1.82, 2.24) is 19.7 Å². The minimum absolute atomic E-state index is 0.193. The molecule has 0 atom stereocenters. The van der Waals surface area contributed by atoms with E-state index in [1.54, 1.807) is 12.1 Å². The lowest BCUT2D eigenvalue weighted by atomic mass is 10.1. The van der Waals surface area contributed by atoms with Crippen LogP contribution in [0, 0.1) is 6.92 Å². The van der Waals surface area contributed by atoms with E-state index in [-0.39, 0.29) is 10.1 Å². The third-order valence-electron chi connectivity index (χ3n) is 3.95. The van der Waals surface area contributed by atoms with Gasteiger partial charge >= 0.3 is 6.03 Å². The summed E-state index contributed by atoms with van der Waals surface area (Å²) < 4.78 is 26.7. The van der Waals surface area contributed by atoms with Gasteiger partial charge in [0.2, 0.25) is 9.84 Å². The summed E-state index contributed by atoms with van der Waals surface area (Å²) in [4.78, 5) is 17.8. The Balaban J connectivity index is 2.46. The Morgan fingerprint density at radius 2 is 1.88 bits per heavy atom. The number of hydrogen-bond donors (Lipinski definition) is 0. The number of carbonyl (C=O) groups is 1. The second-order valence-corrected chi connectivity index (χ2v) is 7.15. The van der Waals surface area contributed by atoms with Crippen LogP contribution >= 0.6 is 0 Å². The van der Waals surface area contributed by atoms with Gasteiger partial charge in [-0.15, -0.1) is 5.10 Å². The summed E-state index contributed by atoms with van der Waals surface area (Å²) in [6.45, 7) is 8.47. The number of carbonyl (C=O) groups excluding carboxylic acids is 1. The van der Waals surface area contributed by atoms with Crippen molar-refractivity contribution in [1.29, 1.82) is 0 Å². The zero-order valence-electron chi connectivity index (χ0n) is 14.4. The molecule has 8 heteroatoms. The highest BCUT2D eigenvalue weighted by molar-refractivity contribution is 7.91. The van der Waals surface area contributed by atoms with Crippen molar-refractivity contribution >= 4 is 15.9 Å². The molecule has 0 N–H and O–H groups in total. The zero-order chi connectivity index (χ0) is 17.9. The van der Waals surface area contributed by atoms with Crippen molar-refractivity contribution in [2.75, 3.05) is 13.1 Å². The summed E-state index contributed by atoms with van der Waals surface area (Å²) in [5, 5.41) is 3.55. The normalized spacial score (nSPS) is 11.5. The van der Waals surface area contributed by atoms with Gasteiger partial charge < -0.3 is 4.90 Å². The average molecular weight is 350 g/mol. The fourth-order valence-electron chi connectivity index (χ4n) is 2.58. The fraction of sp³-hybridized carbons (Fsp3) is 0.438. The van der Waals surface area contributed by atoms with E-state index in [0.717, 1.165) is 22.1 Å². The van der Waals surface area contributed by atoms with E-state index >= 15 is 0 Å². The Kier molecular flexibility index (Phi) is 5.38. The van der Waals surface area contributed by atoms with Crippen LogP contribution in [0.2, 0.25) is 0 Å². The number of amides is 1. The molecular formula is C16H22N4O3S. The standard InChI is InChI=1S/C16H22N4O3S/c1-5-13-12(4)9-8-10-14(13)24(22,23)15-17-11-20(18-15)16(21)19(6-2)7-3/h8-11H,5-7H2,1-4H3. The molecule has 2 rings (SSSR count). The molecule has 0 fully saturated rings. The topological polar surface area (TPSA) is 85.2 Å². The summed E-state index contributed by atoms with van der Waals surface area (Å²) in [6, 6.07) is 4.72. The first-order valence-electron chi connectivity index (χ1n) is 7.91. The van der Waals surface area contributed by atoms with Gasteiger partial charge in [-0.2, -0.15) is 4.68 Å². The van der Waals surface area contributed by atoms with Crippen LogP contribution < -0.4 is 0 Å². The highest BCUT2D eigenvalue weighted by Gasteiger charge is 2.27. The van der Waals surface area contributed by atoms with Gasteiger partial charge in [0, 0.05) is 13.1 Å². The summed E-state index contributed by atoms with van der Waals surface area (Å²) in [7, 11) is -3.87. The molecule has 1 heterocycles. The molecule has 1 aromatic carbocycles. The van der Waals surface area contributed by atoms with Crippen LogP contribution in [0.15, 0.2) is 34.6 Å². The number of benzene rings is 1. The lowest BCUT2D eigenvalue weighted by molar-refractivity contribution is 0.201. The van der Waals surface area contributed by atoms with Crippen LogP contribution in [0.3, 0.4) is 0 Å². The van der Waals surface area contributed by atoms with Crippen LogP contribution in [-0.2, 0) is 16.3 Å². The average Bonchev–Trinajstić information content (AvgIpc) is 3.06. The molecule has 0 saturated heterocycles. The number of rotatable bonds is 5. The quantitative estimate of drug-likeness (QED) is 0.826. The predicted octanol–water partition coefficient (Wildman–Crippen LogP) is 2.29. The number of hydrogen-bond acceptors (Lipinski definition) is 5. The molecule has 0 spiro atoms. The van der Waals surface area contributed by atoms with Crippen LogP contribution in [0.4, 0.5) is 4.79 Å². The molecule has 0 bridgehead atoms. The van der Waals surface area contributed by atoms with Gasteiger partial charge in [-0.05, 0) is 44.4 Å². The summed E-state index contributed by atoms with van der Waals surface area (Å²) in [5.41, 5.74) is 1.64. The smallest absolute Gasteiger partial charge is 0.323 e. The molecule has 0 radical (unpaired) electrons. The van der Waals surface area contributed by atoms with Crippen molar-refractivity contribution in [3.63, 3.8) is 0 Å². The lowest BCUT2D eigenvalue weighted by Crippen LogP contribution is -2.34. The first-order chi connectivity index (χ1) is 11.4. The molecule has 1 amide bonds. The zero-order valence-corrected chi connectivity index (χ0v) is 15.2. The van der Waals surface area contributed by atoms with Crippen molar-refractivity contribution in [2.45, 2.75) is 44.2 Å². The highest BCUT2D eigenvalue weighted by atomic mass is 32.2. The van der Waals surface area contributed by atoms with Crippen molar-refractivity contribution in [3.05, 3.63) is 35.7 Å². The molecule has 130 valence electrons. The Bertz CT molecular complexity index is 839. The molecule has 0 aliphatic rings. The first-order valence-corrected chi connectivity index (χ1v) is 9.39. The van der Waals surface area contributed by atoms with Crippen LogP contribution in [0.5, 0.6) is 0 Å². The predicted molar refractivity (Wildman–Crippen MR) is 89.7 cm³/mol. The maximum atomic E-state index is 12.8. The van der Waals surface area contributed by atoms with Gasteiger partial charge in [0.05, 0.1) is 4.90 Å². The molecule has 0 aliphatic heterocycles. The molecule has 0 aliphatic carbocycles. The SMILES string of the molecule is CCc1c(C)cccc1S(=O)(=O)c1ncn(C(=O)N(CC)CC)n1. The van der Waals surface area contributed by atoms with Gasteiger partial charge in [0.25, 0.3) is 5.16 Å². The minimum atomic E-state index is -3.87. The maximum absolute atomic E-state index is 12.8. The number of aromatic nitrogens is 3. The maximum Gasteiger partial charge on any atom is 0.346 e. The molecule has 0 saturated carbocycles. The lowest BCUT2D eigenvalue weighted by Gasteiger charge is -2.17. The molecule has 0 unspecified atom stereocenters. The Labute approximate surface area is 142 Å². The van der Waals surface area contributed by atoms with Gasteiger partial charge in [0.1, 0.15) is 6.33 Å². The monoisotopic (exact) mass is 350 g/mol. The number of aryl methyl sites for hydroxylation is 1. The van der Waals surface area contributed by atoms with E-state index in [1.807, 2.05) is 33.8 Å². The van der Waals surface area contributed by atoms with Gasteiger partial charge in [-0.25, -0.2) is 18.2 Å². The number of nitrogens with zero attached hydrogens (tertiary/aromatic N) is 4. The molecule has 1 aromatic heterocycles. The molecule has 2 aromatic rings. The third-order valence-corrected chi connectivity index (χ3v) is 5.58. The van der Waals surface area contributed by atoms with Crippen molar-refractivity contribution < 1.29 is 13.2 Å². The molecule has 24 heavy (non-hydrogen) atoms. The van der Waals surface area contributed by atoms with Crippen LogP contribution in [-0.4, -0.2) is 47.2 Å². The first kappa shape index (κ1) is 18.1. The Morgan fingerprint density at radius 1 is 1.21 bits per heavy atom. The third kappa shape index (κ3) is 3.19. The summed E-state index contributed by atoms with van der Waals surface area (Å²) >= 11 is 0. The summed E-state index contributed by atoms with van der Waals surface area (Å²) in [5.74, 6) is 0. The second-order valence-electron chi connectivity index (χ2n) is 5.34. The summed E-state index contributed by atoms with van der Waals surface area (Å²) in [6.07, 6.45) is 1.73. The van der Waals surface area contributed by atoms with Crippen LogP contribution in [0.1, 0.15) is 31.9 Å². The van der Waals surface area contributed by atoms with E-state index in [1.165, 1.54) is 4.90 Å². The van der Waals surface area contributed by atoms with Gasteiger partial charge in [0.15, 0.2) is 0 Å².